The minimum Gasteiger partial charge on any atom is -0.304 e. The summed E-state index contributed by atoms with van der Waals surface area (Å²) in [5.74, 6) is 0. The smallest absolute Gasteiger partial charge is 0.0269 e. The van der Waals surface area contributed by atoms with Crippen LogP contribution < -0.4 is 0 Å². The molecule has 0 bridgehead atoms. The second kappa shape index (κ2) is 250. The maximum absolute atomic E-state index is 3.25. The van der Waals surface area contributed by atoms with Crippen LogP contribution in [-0.2, 0) is 0 Å². The Morgan fingerprint density at radius 2 is 0.700 bits per heavy atom. The largest absolute Gasteiger partial charge is 0.304 e. The van der Waals surface area contributed by atoms with Crippen molar-refractivity contribution < 1.29 is 0 Å². The van der Waals surface area contributed by atoms with Crippen molar-refractivity contribution in [3.63, 3.8) is 0 Å². The Balaban J connectivity index is -0.00000000571. The van der Waals surface area contributed by atoms with E-state index in [1.807, 2.05) is 0 Å². The highest BCUT2D eigenvalue weighted by molar-refractivity contribution is 5.22. The first-order valence-electron chi connectivity index (χ1n) is 1.53. The number of aliphatic imine (C=N–C) groups is 2. The molecule has 0 spiro atoms. The van der Waals surface area contributed by atoms with E-state index in [0.717, 1.165) is 0 Å². The van der Waals surface area contributed by atoms with Crippen molar-refractivity contribution in [3.8, 4) is 0 Å². The molecule has 0 rings (SSSR count). The van der Waals surface area contributed by atoms with Crippen molar-refractivity contribution in [1.82, 2.24) is 0 Å². The monoisotopic (exact) mass is 150 g/mol. The molecular formula is C8H26N2. The van der Waals surface area contributed by atoms with E-state index in [-0.39, 0.29) is 29.7 Å². The Morgan fingerprint density at radius 3 is 0.700 bits per heavy atom. The lowest BCUT2D eigenvalue weighted by atomic mass is 11.4. The molecule has 68 valence electrons. The van der Waals surface area contributed by atoms with Crippen LogP contribution in [0.1, 0.15) is 29.7 Å². The summed E-state index contributed by atoms with van der Waals surface area (Å²) in [5, 5.41) is 0. The Hall–Kier alpha value is -0.660. The number of rotatable bonds is 0. The predicted molar refractivity (Wildman–Crippen MR) is 57.9 cm³/mol. The van der Waals surface area contributed by atoms with Gasteiger partial charge in [-0.1, -0.05) is 29.7 Å². The van der Waals surface area contributed by atoms with Gasteiger partial charge in [-0.15, -0.1) is 0 Å². The summed E-state index contributed by atoms with van der Waals surface area (Å²) in [6.45, 7) is 6.22. The molecule has 0 fully saturated rings. The maximum Gasteiger partial charge on any atom is 0.0269 e. The first-order valence-corrected chi connectivity index (χ1v) is 1.53. The molecule has 2 heteroatoms. The fourth-order valence-corrected chi connectivity index (χ4v) is 0. The first-order chi connectivity index (χ1) is 2.83. The molecule has 0 aliphatic carbocycles. The third-order valence-electron chi connectivity index (χ3n) is 0. The quantitative estimate of drug-likeness (QED) is 0.474. The van der Waals surface area contributed by atoms with E-state index < -0.39 is 0 Å². The second-order valence-electron chi connectivity index (χ2n) is 0.632. The van der Waals surface area contributed by atoms with Gasteiger partial charge in [-0.3, -0.25) is 0 Å². The minimum atomic E-state index is 0. The molecule has 2 nitrogen and oxygen atoms in total. The summed E-state index contributed by atoms with van der Waals surface area (Å²) in [6, 6.07) is 0. The van der Waals surface area contributed by atoms with Gasteiger partial charge in [0.1, 0.15) is 0 Å². The van der Waals surface area contributed by atoms with Gasteiger partial charge in [0.2, 0.25) is 0 Å². The summed E-state index contributed by atoms with van der Waals surface area (Å²) in [5.41, 5.74) is 0. The first kappa shape index (κ1) is 58.2. The van der Waals surface area contributed by atoms with Gasteiger partial charge in [0, 0.05) is 14.1 Å². The van der Waals surface area contributed by atoms with Crippen molar-refractivity contribution >= 4 is 13.4 Å². The summed E-state index contributed by atoms with van der Waals surface area (Å²) in [4.78, 5) is 6.50. The molecule has 0 heterocycles. The molecule has 0 aromatic heterocycles. The van der Waals surface area contributed by atoms with Gasteiger partial charge in [0.15, 0.2) is 0 Å². The van der Waals surface area contributed by atoms with Gasteiger partial charge in [0.25, 0.3) is 0 Å². The van der Waals surface area contributed by atoms with Gasteiger partial charge >= 0.3 is 0 Å². The van der Waals surface area contributed by atoms with Crippen LogP contribution >= 0.6 is 0 Å². The third kappa shape index (κ3) is 677. The van der Waals surface area contributed by atoms with Crippen LogP contribution in [0.2, 0.25) is 0 Å². The Kier molecular flexibility index (Phi) is 1460. The molecule has 0 aromatic rings. The van der Waals surface area contributed by atoms with E-state index >= 15 is 0 Å². The van der Waals surface area contributed by atoms with Gasteiger partial charge in [-0.2, -0.15) is 0 Å². The normalized spacial score (nSPS) is 2.60. The molecule has 0 saturated heterocycles. The highest BCUT2D eigenvalue weighted by Gasteiger charge is 1.09. The summed E-state index contributed by atoms with van der Waals surface area (Å²) in [6.07, 6.45) is 0. The zero-order valence-corrected chi connectivity index (χ0v) is 4.31. The van der Waals surface area contributed by atoms with Crippen LogP contribution in [0.5, 0.6) is 0 Å². The fourth-order valence-electron chi connectivity index (χ4n) is 0. The minimum absolute atomic E-state index is 0. The van der Waals surface area contributed by atoms with E-state index in [2.05, 4.69) is 23.4 Å². The molecule has 0 saturated carbocycles. The molecule has 0 unspecified atom stereocenters. The van der Waals surface area contributed by atoms with Crippen LogP contribution in [0.15, 0.2) is 9.98 Å². The zero-order valence-electron chi connectivity index (χ0n) is 4.31. The predicted octanol–water partition coefficient (Wildman–Crippen LogP) is 3.18. The SMILES string of the molecule is C.C.C.C.C=NC.C=NC. The Morgan fingerprint density at radius 1 is 0.700 bits per heavy atom. The van der Waals surface area contributed by atoms with E-state index in [1.165, 1.54) is 0 Å². The molecule has 0 aliphatic heterocycles. The van der Waals surface area contributed by atoms with Crippen LogP contribution in [0.3, 0.4) is 0 Å². The van der Waals surface area contributed by atoms with E-state index in [1.54, 1.807) is 14.1 Å². The lowest BCUT2D eigenvalue weighted by Crippen LogP contribution is -1.26. The maximum atomic E-state index is 3.25. The topological polar surface area (TPSA) is 24.7 Å². The highest BCUT2D eigenvalue weighted by atomic mass is 14.6. The second-order valence-corrected chi connectivity index (χ2v) is 0.632. The average Bonchev–Trinajstić information content (AvgIpc) is 1.39. The molecular weight excluding hydrogens is 124 g/mol. The average molecular weight is 150 g/mol. The van der Waals surface area contributed by atoms with E-state index in [0.29, 0.717) is 0 Å². The number of hydrogen-bond acceptors (Lipinski definition) is 2. The van der Waals surface area contributed by atoms with Crippen molar-refractivity contribution in [1.29, 1.82) is 0 Å². The van der Waals surface area contributed by atoms with Crippen LogP contribution in [0.25, 0.3) is 0 Å². The van der Waals surface area contributed by atoms with Crippen molar-refractivity contribution in [2.24, 2.45) is 9.98 Å². The van der Waals surface area contributed by atoms with Crippen molar-refractivity contribution in [2.45, 2.75) is 29.7 Å². The molecule has 0 aromatic carbocycles. The van der Waals surface area contributed by atoms with E-state index in [4.69, 9.17) is 0 Å². The number of nitrogens with zero attached hydrogens (tertiary/aromatic N) is 2. The van der Waals surface area contributed by atoms with E-state index in [9.17, 15) is 0 Å². The van der Waals surface area contributed by atoms with Gasteiger partial charge in [-0.05, 0) is 13.4 Å². The van der Waals surface area contributed by atoms with Crippen LogP contribution in [0, 0.1) is 0 Å². The molecule has 0 N–H and O–H groups in total. The summed E-state index contributed by atoms with van der Waals surface area (Å²) in [7, 11) is 3.28. The number of hydrogen-bond donors (Lipinski definition) is 0. The molecule has 0 aliphatic rings. The van der Waals surface area contributed by atoms with Gasteiger partial charge in [0.05, 0.1) is 0 Å². The molecule has 0 atom stereocenters. The van der Waals surface area contributed by atoms with Crippen molar-refractivity contribution in [3.05, 3.63) is 0 Å². The highest BCUT2D eigenvalue weighted by Crippen LogP contribution is 1.22. The standard InChI is InChI=1S/2C2H5N.4CH4/c2*1-3-2;;;;/h2*1H2,2H3;4*1H4. The lowest BCUT2D eigenvalue weighted by molar-refractivity contribution is 1.49. The Labute approximate surface area is 68.1 Å². The zero-order chi connectivity index (χ0) is 5.41. The van der Waals surface area contributed by atoms with Gasteiger partial charge in [-0.25, -0.2) is 0 Å². The summed E-state index contributed by atoms with van der Waals surface area (Å²) >= 11 is 0. The van der Waals surface area contributed by atoms with Crippen LogP contribution in [0.4, 0.5) is 0 Å². The molecule has 0 radical (unpaired) electrons. The Bertz CT molecular complexity index is 28.2. The molecule has 0 amide bonds. The fraction of sp³-hybridized carbons (Fsp3) is 0.750. The van der Waals surface area contributed by atoms with Crippen molar-refractivity contribution in [2.75, 3.05) is 14.1 Å². The summed E-state index contributed by atoms with van der Waals surface area (Å²) < 4.78 is 0. The third-order valence-corrected chi connectivity index (χ3v) is 0. The molecule has 10 heavy (non-hydrogen) atoms. The van der Waals surface area contributed by atoms with Crippen LogP contribution in [-0.4, -0.2) is 27.5 Å². The van der Waals surface area contributed by atoms with Gasteiger partial charge < -0.3 is 9.98 Å². The lowest BCUT2D eigenvalue weighted by Gasteiger charge is -1.38.